The molecule has 1 N–H and O–H groups in total. The molecule has 8 heteroatoms. The first-order valence-electron chi connectivity index (χ1n) is 9.77. The fraction of sp³-hybridized carbons (Fsp3) is 0.778. The second kappa shape index (κ2) is 8.37. The molecule has 2 saturated heterocycles. The number of amides is 2. The number of carbonyl (C=O) groups is 1. The molecule has 144 valence electrons. The van der Waals surface area contributed by atoms with Gasteiger partial charge in [0, 0.05) is 51.9 Å². The number of hydrogen-bond donors (Lipinski definition) is 1. The predicted octanol–water partition coefficient (Wildman–Crippen LogP) is 1.25. The van der Waals surface area contributed by atoms with Crippen LogP contribution in [0.3, 0.4) is 0 Å². The Bertz CT molecular complexity index is 597. The van der Waals surface area contributed by atoms with E-state index in [1.165, 1.54) is 12.8 Å². The zero-order chi connectivity index (χ0) is 17.8. The lowest BCUT2D eigenvalue weighted by molar-refractivity contribution is -0.00983. The van der Waals surface area contributed by atoms with Crippen LogP contribution in [0.15, 0.2) is 12.3 Å². The molecule has 1 aromatic rings. The van der Waals surface area contributed by atoms with Gasteiger partial charge in [0.2, 0.25) is 0 Å². The molecule has 2 aliphatic heterocycles. The van der Waals surface area contributed by atoms with Crippen LogP contribution in [0, 0.1) is 5.92 Å². The zero-order valence-corrected chi connectivity index (χ0v) is 15.3. The lowest BCUT2D eigenvalue weighted by Crippen LogP contribution is -2.46. The summed E-state index contributed by atoms with van der Waals surface area (Å²) in [6, 6.07) is 1.82. The molecule has 8 nitrogen and oxygen atoms in total. The number of nitrogens with zero attached hydrogens (tertiary/aromatic N) is 4. The normalized spacial score (nSPS) is 25.1. The molecular formula is C18H29N5O3. The van der Waals surface area contributed by atoms with Gasteiger partial charge in [0.25, 0.3) is 0 Å². The Hall–Kier alpha value is -1.64. The van der Waals surface area contributed by atoms with E-state index in [-0.39, 0.29) is 12.1 Å². The Balaban J connectivity index is 1.33. The number of nitrogens with one attached hydrogen (secondary N) is 1. The second-order valence-corrected chi connectivity index (χ2v) is 7.48. The summed E-state index contributed by atoms with van der Waals surface area (Å²) in [6.45, 7) is 7.24. The number of ether oxygens (including phenoxy) is 2. The Kier molecular flexibility index (Phi) is 5.72. The first kappa shape index (κ1) is 17.8. The molecule has 1 aliphatic carbocycles. The van der Waals surface area contributed by atoms with Crippen LogP contribution in [0.25, 0.3) is 0 Å². The topological polar surface area (TPSA) is 71.9 Å². The molecule has 0 aromatic carbocycles. The number of aromatic nitrogens is 2. The quantitative estimate of drug-likeness (QED) is 0.852. The smallest absolute Gasteiger partial charge is 0.323 e. The van der Waals surface area contributed by atoms with Gasteiger partial charge in [-0.3, -0.25) is 10.2 Å². The van der Waals surface area contributed by atoms with Crippen molar-refractivity contribution in [1.82, 2.24) is 19.6 Å². The van der Waals surface area contributed by atoms with Crippen molar-refractivity contribution in [1.29, 1.82) is 0 Å². The molecule has 0 spiro atoms. The summed E-state index contributed by atoms with van der Waals surface area (Å²) in [7, 11) is 0. The van der Waals surface area contributed by atoms with Crippen molar-refractivity contribution in [3.8, 4) is 0 Å². The fourth-order valence-electron chi connectivity index (χ4n) is 3.58. The van der Waals surface area contributed by atoms with Gasteiger partial charge in [-0.25, -0.2) is 9.48 Å². The van der Waals surface area contributed by atoms with Crippen molar-refractivity contribution < 1.29 is 14.3 Å². The Morgan fingerprint density at radius 3 is 2.85 bits per heavy atom. The molecule has 3 fully saturated rings. The summed E-state index contributed by atoms with van der Waals surface area (Å²) in [5, 5.41) is 7.39. The van der Waals surface area contributed by atoms with E-state index in [2.05, 4.69) is 15.3 Å². The summed E-state index contributed by atoms with van der Waals surface area (Å²) in [6.07, 6.45) is 5.21. The molecule has 26 heavy (non-hydrogen) atoms. The van der Waals surface area contributed by atoms with E-state index in [1.54, 1.807) is 6.20 Å². The third kappa shape index (κ3) is 4.75. The highest BCUT2D eigenvalue weighted by molar-refractivity contribution is 5.88. The average molecular weight is 363 g/mol. The van der Waals surface area contributed by atoms with Gasteiger partial charge in [0.1, 0.15) is 5.82 Å². The third-order valence-electron chi connectivity index (χ3n) is 5.28. The van der Waals surface area contributed by atoms with Crippen LogP contribution in [0.4, 0.5) is 10.6 Å². The lowest BCUT2D eigenvalue weighted by Gasteiger charge is -2.31. The number of hydrogen-bond acceptors (Lipinski definition) is 5. The van der Waals surface area contributed by atoms with Gasteiger partial charge in [0.15, 0.2) is 0 Å². The van der Waals surface area contributed by atoms with Crippen molar-refractivity contribution in [2.75, 3.05) is 57.9 Å². The minimum atomic E-state index is -0.0555. The summed E-state index contributed by atoms with van der Waals surface area (Å²) >= 11 is 0. The molecular weight excluding hydrogens is 334 g/mol. The number of morpholine rings is 1. The molecule has 0 radical (unpaired) electrons. The van der Waals surface area contributed by atoms with E-state index in [0.717, 1.165) is 64.1 Å². The third-order valence-corrected chi connectivity index (χ3v) is 5.28. The SMILES string of the molecule is O=C(Nc1ccnn1CC1CC1)N1CCCO[C@@H](CN2CCOCC2)C1. The summed E-state index contributed by atoms with van der Waals surface area (Å²) in [5.74, 6) is 1.51. The molecule has 0 bridgehead atoms. The summed E-state index contributed by atoms with van der Waals surface area (Å²) in [5.41, 5.74) is 0. The van der Waals surface area contributed by atoms with Crippen molar-refractivity contribution in [3.63, 3.8) is 0 Å². The summed E-state index contributed by atoms with van der Waals surface area (Å²) < 4.78 is 13.3. The van der Waals surface area contributed by atoms with Crippen LogP contribution < -0.4 is 5.32 Å². The van der Waals surface area contributed by atoms with Crippen molar-refractivity contribution in [2.45, 2.75) is 31.9 Å². The number of carbonyl (C=O) groups excluding carboxylic acids is 1. The van der Waals surface area contributed by atoms with Crippen molar-refractivity contribution in [2.24, 2.45) is 5.92 Å². The Morgan fingerprint density at radius 2 is 2.04 bits per heavy atom. The maximum Gasteiger partial charge on any atom is 0.323 e. The van der Waals surface area contributed by atoms with Gasteiger partial charge in [-0.15, -0.1) is 0 Å². The number of rotatable bonds is 5. The predicted molar refractivity (Wildman–Crippen MR) is 97.2 cm³/mol. The van der Waals surface area contributed by atoms with E-state index < -0.39 is 0 Å². The highest BCUT2D eigenvalue weighted by atomic mass is 16.5. The molecule has 2 amide bonds. The van der Waals surface area contributed by atoms with Crippen molar-refractivity contribution in [3.05, 3.63) is 12.3 Å². The highest BCUT2D eigenvalue weighted by Gasteiger charge is 2.27. The largest absolute Gasteiger partial charge is 0.379 e. The Morgan fingerprint density at radius 1 is 1.19 bits per heavy atom. The van der Waals surface area contributed by atoms with E-state index in [1.807, 2.05) is 15.6 Å². The molecule has 1 saturated carbocycles. The maximum absolute atomic E-state index is 12.8. The molecule has 3 heterocycles. The van der Waals surface area contributed by atoms with E-state index in [0.29, 0.717) is 13.2 Å². The minimum absolute atomic E-state index is 0.0534. The van der Waals surface area contributed by atoms with Crippen LogP contribution in [0.2, 0.25) is 0 Å². The first-order chi connectivity index (χ1) is 12.8. The Labute approximate surface area is 154 Å². The van der Waals surface area contributed by atoms with E-state index in [9.17, 15) is 4.79 Å². The van der Waals surface area contributed by atoms with Crippen molar-refractivity contribution >= 4 is 11.8 Å². The maximum atomic E-state index is 12.8. The number of urea groups is 1. The lowest BCUT2D eigenvalue weighted by atomic mass is 10.3. The van der Waals surface area contributed by atoms with E-state index in [4.69, 9.17) is 9.47 Å². The molecule has 1 atom stereocenters. The zero-order valence-electron chi connectivity index (χ0n) is 15.3. The van der Waals surface area contributed by atoms with Gasteiger partial charge in [-0.1, -0.05) is 0 Å². The average Bonchev–Trinajstić information content (AvgIpc) is 3.41. The van der Waals surface area contributed by atoms with Gasteiger partial charge < -0.3 is 14.4 Å². The van der Waals surface area contributed by atoms with Gasteiger partial charge >= 0.3 is 6.03 Å². The summed E-state index contributed by atoms with van der Waals surface area (Å²) in [4.78, 5) is 17.0. The minimum Gasteiger partial charge on any atom is -0.379 e. The molecule has 1 aromatic heterocycles. The van der Waals surface area contributed by atoms with Crippen LogP contribution in [-0.4, -0.2) is 84.3 Å². The van der Waals surface area contributed by atoms with Gasteiger partial charge in [0.05, 0.1) is 25.5 Å². The van der Waals surface area contributed by atoms with Gasteiger partial charge in [-0.2, -0.15) is 5.10 Å². The van der Waals surface area contributed by atoms with Crippen LogP contribution in [-0.2, 0) is 16.0 Å². The molecule has 0 unspecified atom stereocenters. The van der Waals surface area contributed by atoms with Crippen LogP contribution in [0.1, 0.15) is 19.3 Å². The van der Waals surface area contributed by atoms with Gasteiger partial charge in [-0.05, 0) is 25.2 Å². The monoisotopic (exact) mass is 363 g/mol. The second-order valence-electron chi connectivity index (χ2n) is 7.48. The fourth-order valence-corrected chi connectivity index (χ4v) is 3.58. The number of anilines is 1. The molecule has 3 aliphatic rings. The standard InChI is InChI=1S/C18H29N5O3/c24-18(20-17-4-5-19-23(17)12-15-2-3-15)22-6-1-9-26-16(14-22)13-21-7-10-25-11-8-21/h4-5,15-16H,1-3,6-14H2,(H,20,24)/t16-/m0/s1. The molecule has 4 rings (SSSR count). The van der Waals surface area contributed by atoms with Crippen LogP contribution >= 0.6 is 0 Å². The van der Waals surface area contributed by atoms with Crippen LogP contribution in [0.5, 0.6) is 0 Å². The van der Waals surface area contributed by atoms with E-state index >= 15 is 0 Å². The highest BCUT2D eigenvalue weighted by Crippen LogP contribution is 2.31. The first-order valence-corrected chi connectivity index (χ1v) is 9.77.